The molecule has 1 aliphatic heterocycles. The summed E-state index contributed by atoms with van der Waals surface area (Å²) in [7, 11) is 0.295. The number of hydrogen-bond donors (Lipinski definition) is 0. The number of ether oxygens (including phenoxy) is 2. The molecule has 0 aliphatic carbocycles. The number of amides is 1. The highest BCUT2D eigenvalue weighted by atomic mass is 28.4. The maximum absolute atomic E-state index is 12.2. The first-order valence-electron chi connectivity index (χ1n) is 11.6. The van der Waals surface area contributed by atoms with Crippen molar-refractivity contribution in [3.8, 4) is 0 Å². The number of carbonyl (C=O) groups excluding carboxylic acids is 1. The lowest BCUT2D eigenvalue weighted by Gasteiger charge is -2.43. The van der Waals surface area contributed by atoms with Gasteiger partial charge < -0.3 is 13.9 Å². The Morgan fingerprint density at radius 1 is 1.03 bits per heavy atom. The van der Waals surface area contributed by atoms with Crippen molar-refractivity contribution >= 4 is 24.6 Å². The van der Waals surface area contributed by atoms with Crippen LogP contribution in [0.4, 0.5) is 0 Å². The van der Waals surface area contributed by atoms with E-state index < -0.39 is 20.2 Å². The molecule has 0 N–H and O–H groups in total. The summed E-state index contributed by atoms with van der Waals surface area (Å²) in [5.74, 6) is -1.06. The predicted octanol–water partition coefficient (Wildman–Crippen LogP) is 3.66. The van der Waals surface area contributed by atoms with E-state index in [1.807, 2.05) is 26.0 Å². The SMILES string of the molecule is CON(C)C(=O)/C=C/[C@H]1OC(C)(C)O[C@@H]1CO[Si](c1ccccc1)(c1ccccc1)C(C)(C)C. The van der Waals surface area contributed by atoms with E-state index in [1.165, 1.54) is 23.6 Å². The Kier molecular flexibility index (Phi) is 8.16. The molecule has 1 saturated heterocycles. The number of hydroxylamine groups is 2. The minimum atomic E-state index is -2.72. The molecule has 0 spiro atoms. The molecule has 1 heterocycles. The van der Waals surface area contributed by atoms with Gasteiger partial charge in [0.15, 0.2) is 5.79 Å². The Hall–Kier alpha value is -2.29. The molecule has 0 radical (unpaired) electrons. The fourth-order valence-corrected chi connectivity index (χ4v) is 9.07. The summed E-state index contributed by atoms with van der Waals surface area (Å²) in [4.78, 5) is 17.2. The van der Waals surface area contributed by atoms with Crippen LogP contribution in [0, 0.1) is 0 Å². The largest absolute Gasteiger partial charge is 0.405 e. The summed E-state index contributed by atoms with van der Waals surface area (Å²) in [6, 6.07) is 21.0. The topological polar surface area (TPSA) is 57.2 Å². The lowest BCUT2D eigenvalue weighted by atomic mass is 10.2. The van der Waals surface area contributed by atoms with Crippen LogP contribution in [0.15, 0.2) is 72.8 Å². The van der Waals surface area contributed by atoms with Crippen LogP contribution in [0.5, 0.6) is 0 Å². The van der Waals surface area contributed by atoms with Crippen LogP contribution in [0.25, 0.3) is 0 Å². The van der Waals surface area contributed by atoms with Crippen molar-refractivity contribution < 1.29 is 23.5 Å². The smallest absolute Gasteiger partial charge is 0.269 e. The number of carbonyl (C=O) groups is 1. The zero-order chi connectivity index (χ0) is 25.0. The van der Waals surface area contributed by atoms with Crippen molar-refractivity contribution in [2.75, 3.05) is 20.8 Å². The summed E-state index contributed by atoms with van der Waals surface area (Å²) < 4.78 is 19.4. The quantitative estimate of drug-likeness (QED) is 0.326. The van der Waals surface area contributed by atoms with E-state index in [-0.39, 0.29) is 17.0 Å². The Labute approximate surface area is 204 Å². The monoisotopic (exact) mass is 483 g/mol. The van der Waals surface area contributed by atoms with Crippen molar-refractivity contribution in [3.05, 3.63) is 72.8 Å². The fourth-order valence-electron chi connectivity index (χ4n) is 4.50. The zero-order valence-electron chi connectivity index (χ0n) is 21.3. The van der Waals surface area contributed by atoms with Crippen LogP contribution in [0.2, 0.25) is 5.04 Å². The van der Waals surface area contributed by atoms with Gasteiger partial charge in [-0.25, -0.2) is 5.06 Å². The summed E-state index contributed by atoms with van der Waals surface area (Å²) in [6.45, 7) is 10.8. The van der Waals surface area contributed by atoms with Crippen LogP contribution < -0.4 is 10.4 Å². The van der Waals surface area contributed by atoms with Gasteiger partial charge in [0, 0.05) is 13.1 Å². The average Bonchev–Trinajstić information content (AvgIpc) is 3.11. The minimum absolute atomic E-state index is 0.146. The van der Waals surface area contributed by atoms with Gasteiger partial charge in [-0.05, 0) is 35.3 Å². The van der Waals surface area contributed by atoms with E-state index in [9.17, 15) is 4.79 Å². The Morgan fingerprint density at radius 3 is 2.03 bits per heavy atom. The third-order valence-electron chi connectivity index (χ3n) is 6.12. The van der Waals surface area contributed by atoms with Gasteiger partial charge in [0.1, 0.15) is 12.2 Å². The number of likely N-dealkylation sites (N-methyl/N-ethyl adjacent to an activating group) is 1. The summed E-state index contributed by atoms with van der Waals surface area (Å²) >= 11 is 0. The molecule has 2 atom stereocenters. The first kappa shape index (κ1) is 26.3. The van der Waals surface area contributed by atoms with E-state index >= 15 is 0 Å². The molecule has 184 valence electrons. The highest BCUT2D eigenvalue weighted by molar-refractivity contribution is 6.99. The van der Waals surface area contributed by atoms with E-state index in [4.69, 9.17) is 18.7 Å². The molecule has 1 fully saturated rings. The molecule has 2 aromatic carbocycles. The number of hydrogen-bond acceptors (Lipinski definition) is 5. The van der Waals surface area contributed by atoms with Crippen LogP contribution in [-0.2, 0) is 23.5 Å². The minimum Gasteiger partial charge on any atom is -0.405 e. The highest BCUT2D eigenvalue weighted by Crippen LogP contribution is 2.38. The van der Waals surface area contributed by atoms with E-state index in [2.05, 4.69) is 69.3 Å². The molecule has 1 aliphatic rings. The molecule has 6 nitrogen and oxygen atoms in total. The normalized spacial score (nSPS) is 20.6. The molecule has 34 heavy (non-hydrogen) atoms. The number of rotatable bonds is 8. The van der Waals surface area contributed by atoms with Gasteiger partial charge >= 0.3 is 0 Å². The van der Waals surface area contributed by atoms with Crippen molar-refractivity contribution in [2.45, 2.75) is 57.7 Å². The predicted molar refractivity (Wildman–Crippen MR) is 136 cm³/mol. The van der Waals surface area contributed by atoms with Crippen molar-refractivity contribution in [2.24, 2.45) is 0 Å². The van der Waals surface area contributed by atoms with Crippen molar-refractivity contribution in [1.29, 1.82) is 0 Å². The first-order chi connectivity index (χ1) is 16.0. The Balaban J connectivity index is 1.95. The van der Waals surface area contributed by atoms with Gasteiger partial charge in [0.05, 0.1) is 13.7 Å². The van der Waals surface area contributed by atoms with E-state index in [1.54, 1.807) is 13.1 Å². The molecule has 3 rings (SSSR count). The number of nitrogens with zero attached hydrogens (tertiary/aromatic N) is 1. The summed E-state index contributed by atoms with van der Waals surface area (Å²) in [6.07, 6.45) is 2.39. The van der Waals surface area contributed by atoms with Gasteiger partial charge in [-0.15, -0.1) is 0 Å². The van der Waals surface area contributed by atoms with E-state index in [0.29, 0.717) is 6.61 Å². The fraction of sp³-hybridized carbons (Fsp3) is 0.444. The summed E-state index contributed by atoms with van der Waals surface area (Å²) in [5.41, 5.74) is 0. The van der Waals surface area contributed by atoms with Gasteiger partial charge in [0.25, 0.3) is 14.2 Å². The van der Waals surface area contributed by atoms with Crippen LogP contribution in [-0.4, -0.2) is 58.0 Å². The third kappa shape index (κ3) is 5.67. The standard InChI is InChI=1S/C27H37NO5Si/c1-26(2,3)34(21-14-10-8-11-15-21,22-16-12-9-13-17-22)31-20-24-23(32-27(4,5)33-24)18-19-25(29)28(6)30-7/h8-19,23-24H,20H2,1-7H3/b19-18+/t23-,24-/m1/s1. The second-order valence-corrected chi connectivity index (χ2v) is 14.3. The van der Waals surface area contributed by atoms with Crippen molar-refractivity contribution in [1.82, 2.24) is 5.06 Å². The lowest BCUT2D eigenvalue weighted by molar-refractivity contribution is -0.162. The van der Waals surface area contributed by atoms with E-state index in [0.717, 1.165) is 5.06 Å². The molecule has 0 bridgehead atoms. The maximum atomic E-state index is 12.2. The van der Waals surface area contributed by atoms with Crippen molar-refractivity contribution in [3.63, 3.8) is 0 Å². The number of benzene rings is 2. The maximum Gasteiger partial charge on any atom is 0.269 e. The highest BCUT2D eigenvalue weighted by Gasteiger charge is 2.51. The van der Waals surface area contributed by atoms with Crippen LogP contribution in [0.1, 0.15) is 34.6 Å². The zero-order valence-corrected chi connectivity index (χ0v) is 22.3. The molecular formula is C27H37NO5Si. The Morgan fingerprint density at radius 2 is 1.56 bits per heavy atom. The molecule has 1 amide bonds. The third-order valence-corrected chi connectivity index (χ3v) is 11.1. The summed E-state index contributed by atoms with van der Waals surface area (Å²) in [5, 5.41) is 3.42. The second-order valence-electron chi connectivity index (χ2n) is 9.99. The van der Waals surface area contributed by atoms with Crippen LogP contribution >= 0.6 is 0 Å². The second kappa shape index (κ2) is 10.5. The first-order valence-corrected chi connectivity index (χ1v) is 13.5. The van der Waals surface area contributed by atoms with Gasteiger partial charge in [-0.3, -0.25) is 9.63 Å². The lowest BCUT2D eigenvalue weighted by Crippen LogP contribution is -2.67. The molecule has 7 heteroatoms. The molecular weight excluding hydrogens is 446 g/mol. The van der Waals surface area contributed by atoms with Crippen LogP contribution in [0.3, 0.4) is 0 Å². The Bertz CT molecular complexity index is 932. The van der Waals surface area contributed by atoms with Gasteiger partial charge in [-0.1, -0.05) is 81.4 Å². The van der Waals surface area contributed by atoms with Gasteiger partial charge in [0.2, 0.25) is 0 Å². The molecule has 0 saturated carbocycles. The van der Waals surface area contributed by atoms with Gasteiger partial charge in [-0.2, -0.15) is 0 Å². The molecule has 2 aromatic rings. The molecule has 0 unspecified atom stereocenters. The average molecular weight is 484 g/mol. The molecule has 0 aromatic heterocycles.